The van der Waals surface area contributed by atoms with Gasteiger partial charge in [-0.2, -0.15) is 15.6 Å². The number of aromatic nitrogens is 1. The van der Waals surface area contributed by atoms with Gasteiger partial charge in [0.25, 0.3) is 5.69 Å². The molecule has 1 aromatic heterocycles. The van der Waals surface area contributed by atoms with E-state index in [1.54, 1.807) is 12.1 Å². The Hall–Kier alpha value is -3.52. The van der Waals surface area contributed by atoms with Crippen molar-refractivity contribution in [1.82, 2.24) is 4.98 Å². The van der Waals surface area contributed by atoms with Gasteiger partial charge in [0.2, 0.25) is 5.71 Å². The maximum Gasteiger partial charge on any atom is 0.277 e. The van der Waals surface area contributed by atoms with Crippen LogP contribution < -0.4 is 5.43 Å². The van der Waals surface area contributed by atoms with Crippen LogP contribution in [0.15, 0.2) is 35.7 Å². The van der Waals surface area contributed by atoms with Gasteiger partial charge in [-0.1, -0.05) is 0 Å². The highest BCUT2D eigenvalue weighted by molar-refractivity contribution is 6.10. The Labute approximate surface area is 112 Å². The fourth-order valence-electron chi connectivity index (χ4n) is 1.62. The second-order valence-electron chi connectivity index (χ2n) is 3.61. The van der Waals surface area contributed by atoms with Gasteiger partial charge < -0.3 is 0 Å². The minimum atomic E-state index is -0.495. The van der Waals surface area contributed by atoms with Crippen molar-refractivity contribution in [3.63, 3.8) is 0 Å². The lowest BCUT2D eigenvalue weighted by atomic mass is 10.1. The minimum Gasteiger partial charge on any atom is -0.276 e. The van der Waals surface area contributed by atoms with E-state index in [9.17, 15) is 10.1 Å². The summed E-state index contributed by atoms with van der Waals surface area (Å²) in [5.74, 6) is 0. The number of non-ortho nitro benzene ring substituents is 1. The van der Waals surface area contributed by atoms with Crippen LogP contribution in [0.3, 0.4) is 0 Å². The maximum absolute atomic E-state index is 10.9. The number of nitrogens with zero attached hydrogens (tertiary/aromatic N) is 5. The van der Waals surface area contributed by atoms with Gasteiger partial charge in [-0.3, -0.25) is 20.5 Å². The summed E-state index contributed by atoms with van der Waals surface area (Å²) in [5.41, 5.74) is 2.55. The highest BCUT2D eigenvalue weighted by Crippen LogP contribution is 2.30. The standard InChI is InChI=1S/C12H6N6O2/c13-5-8(6-14)16-17-11-1-2-12(18(19)20)9-3-4-15-7-10(9)11/h1-4,7,17H. The zero-order chi connectivity index (χ0) is 14.5. The summed E-state index contributed by atoms with van der Waals surface area (Å²) in [6.07, 6.45) is 2.89. The zero-order valence-corrected chi connectivity index (χ0v) is 9.94. The monoisotopic (exact) mass is 266 g/mol. The molecule has 96 valence electrons. The molecule has 2 rings (SSSR count). The van der Waals surface area contributed by atoms with Crippen LogP contribution in [0.5, 0.6) is 0 Å². The van der Waals surface area contributed by atoms with E-state index in [1.165, 1.54) is 30.6 Å². The van der Waals surface area contributed by atoms with Crippen LogP contribution in [0.1, 0.15) is 0 Å². The lowest BCUT2D eigenvalue weighted by Gasteiger charge is -2.05. The fraction of sp³-hybridized carbons (Fsp3) is 0. The van der Waals surface area contributed by atoms with E-state index in [1.807, 2.05) is 0 Å². The van der Waals surface area contributed by atoms with Crippen LogP contribution >= 0.6 is 0 Å². The number of hydrazone groups is 1. The van der Waals surface area contributed by atoms with E-state index < -0.39 is 4.92 Å². The Morgan fingerprint density at radius 1 is 1.30 bits per heavy atom. The molecular formula is C12H6N6O2. The third-order valence-corrected chi connectivity index (χ3v) is 2.49. The van der Waals surface area contributed by atoms with Crippen LogP contribution in [-0.2, 0) is 0 Å². The molecule has 1 heterocycles. The number of nitrogens with one attached hydrogen (secondary N) is 1. The van der Waals surface area contributed by atoms with Gasteiger partial charge in [0.15, 0.2) is 0 Å². The summed E-state index contributed by atoms with van der Waals surface area (Å²) in [6, 6.07) is 7.48. The highest BCUT2D eigenvalue weighted by atomic mass is 16.6. The highest BCUT2D eigenvalue weighted by Gasteiger charge is 2.14. The summed E-state index contributed by atoms with van der Waals surface area (Å²) in [6.45, 7) is 0. The number of nitriles is 2. The van der Waals surface area contributed by atoms with Gasteiger partial charge in [-0.15, -0.1) is 0 Å². The number of rotatable bonds is 3. The Morgan fingerprint density at radius 3 is 2.70 bits per heavy atom. The van der Waals surface area contributed by atoms with Crippen molar-refractivity contribution in [2.75, 3.05) is 5.43 Å². The van der Waals surface area contributed by atoms with Gasteiger partial charge in [0.1, 0.15) is 12.1 Å². The molecule has 0 aliphatic carbocycles. The van der Waals surface area contributed by atoms with Gasteiger partial charge in [0, 0.05) is 23.8 Å². The molecule has 8 heteroatoms. The van der Waals surface area contributed by atoms with Crippen LogP contribution in [0.4, 0.5) is 11.4 Å². The molecular weight excluding hydrogens is 260 g/mol. The second kappa shape index (κ2) is 5.42. The summed E-state index contributed by atoms with van der Waals surface area (Å²) in [7, 11) is 0. The second-order valence-corrected chi connectivity index (χ2v) is 3.61. The SMILES string of the molecule is N#CC(C#N)=NNc1ccc([N+](=O)[O-])c2ccncc12. The predicted octanol–water partition coefficient (Wildman–Crippen LogP) is 1.96. The van der Waals surface area contributed by atoms with Crippen molar-refractivity contribution < 1.29 is 4.92 Å². The summed E-state index contributed by atoms with van der Waals surface area (Å²) in [4.78, 5) is 14.3. The molecule has 8 nitrogen and oxygen atoms in total. The molecule has 0 aliphatic heterocycles. The number of hydrogen-bond donors (Lipinski definition) is 1. The fourth-order valence-corrected chi connectivity index (χ4v) is 1.62. The number of nitro groups is 1. The van der Waals surface area contributed by atoms with E-state index in [2.05, 4.69) is 15.5 Å². The van der Waals surface area contributed by atoms with Crippen LogP contribution in [-0.4, -0.2) is 15.6 Å². The van der Waals surface area contributed by atoms with Crippen molar-refractivity contribution in [1.29, 1.82) is 10.5 Å². The van der Waals surface area contributed by atoms with Crippen molar-refractivity contribution in [3.05, 3.63) is 40.7 Å². The molecule has 1 aromatic carbocycles. The summed E-state index contributed by atoms with van der Waals surface area (Å²) in [5, 5.41) is 32.6. The van der Waals surface area contributed by atoms with Gasteiger partial charge >= 0.3 is 0 Å². The van der Waals surface area contributed by atoms with E-state index in [0.29, 0.717) is 16.5 Å². The molecule has 0 saturated carbocycles. The third kappa shape index (κ3) is 2.35. The van der Waals surface area contributed by atoms with Crippen LogP contribution in [0, 0.1) is 32.8 Å². The predicted molar refractivity (Wildman–Crippen MR) is 70.7 cm³/mol. The van der Waals surface area contributed by atoms with Gasteiger partial charge in [0.05, 0.1) is 16.0 Å². The van der Waals surface area contributed by atoms with Crippen LogP contribution in [0.25, 0.3) is 10.8 Å². The maximum atomic E-state index is 10.9. The molecule has 0 radical (unpaired) electrons. The minimum absolute atomic E-state index is 0.0577. The van der Waals surface area contributed by atoms with Crippen LogP contribution in [0.2, 0.25) is 0 Å². The average molecular weight is 266 g/mol. The molecule has 2 aromatic rings. The molecule has 0 saturated heterocycles. The number of benzene rings is 1. The topological polar surface area (TPSA) is 128 Å². The number of pyridine rings is 1. The van der Waals surface area contributed by atoms with Crippen molar-refractivity contribution in [3.8, 4) is 12.1 Å². The quantitative estimate of drug-likeness (QED) is 0.513. The van der Waals surface area contributed by atoms with E-state index in [4.69, 9.17) is 10.5 Å². The van der Waals surface area contributed by atoms with E-state index in [-0.39, 0.29) is 11.4 Å². The van der Waals surface area contributed by atoms with Gasteiger partial charge in [-0.25, -0.2) is 0 Å². The average Bonchev–Trinajstić information content (AvgIpc) is 2.47. The number of fused-ring (bicyclic) bond motifs is 1. The summed E-state index contributed by atoms with van der Waals surface area (Å²) < 4.78 is 0. The Morgan fingerprint density at radius 2 is 2.05 bits per heavy atom. The lowest BCUT2D eigenvalue weighted by molar-refractivity contribution is -0.383. The Balaban J connectivity index is 2.55. The van der Waals surface area contributed by atoms with Gasteiger partial charge in [-0.05, 0) is 12.1 Å². The zero-order valence-electron chi connectivity index (χ0n) is 9.94. The molecule has 0 fully saturated rings. The third-order valence-electron chi connectivity index (χ3n) is 2.49. The van der Waals surface area contributed by atoms with E-state index >= 15 is 0 Å². The lowest BCUT2D eigenvalue weighted by Crippen LogP contribution is -1.98. The largest absolute Gasteiger partial charge is 0.277 e. The molecule has 0 unspecified atom stereocenters. The summed E-state index contributed by atoms with van der Waals surface area (Å²) >= 11 is 0. The van der Waals surface area contributed by atoms with E-state index in [0.717, 1.165) is 0 Å². The molecule has 0 amide bonds. The van der Waals surface area contributed by atoms with Crippen molar-refractivity contribution in [2.24, 2.45) is 5.10 Å². The Bertz CT molecular complexity index is 784. The number of hydrogen-bond acceptors (Lipinski definition) is 7. The first-order chi connectivity index (χ1) is 9.67. The normalized spacial score (nSPS) is 9.30. The Kier molecular flexibility index (Phi) is 3.50. The molecule has 0 spiro atoms. The first-order valence-electron chi connectivity index (χ1n) is 5.32. The molecule has 20 heavy (non-hydrogen) atoms. The van der Waals surface area contributed by atoms with Crippen molar-refractivity contribution in [2.45, 2.75) is 0 Å². The molecule has 1 N–H and O–H groups in total. The molecule has 0 bridgehead atoms. The first kappa shape index (κ1) is 12.9. The molecule has 0 aliphatic rings. The number of anilines is 1. The van der Waals surface area contributed by atoms with Crippen molar-refractivity contribution >= 4 is 27.9 Å². The smallest absolute Gasteiger partial charge is 0.276 e. The number of nitro benzene ring substituents is 1. The first-order valence-corrected chi connectivity index (χ1v) is 5.32. The molecule has 0 atom stereocenters.